The Morgan fingerprint density at radius 2 is 2.00 bits per heavy atom. The smallest absolute Gasteiger partial charge is 0.191 e. The maximum absolute atomic E-state index is 5.92. The van der Waals surface area contributed by atoms with Crippen LogP contribution in [0.4, 0.5) is 0 Å². The van der Waals surface area contributed by atoms with Crippen LogP contribution >= 0.6 is 24.0 Å². The number of rotatable bonds is 11. The minimum absolute atomic E-state index is 0. The fourth-order valence-corrected chi connectivity index (χ4v) is 3.11. The molecule has 1 unspecified atom stereocenters. The van der Waals surface area contributed by atoms with Crippen molar-refractivity contribution < 1.29 is 13.9 Å². The quantitative estimate of drug-likeness (QED) is 0.207. The Morgan fingerprint density at radius 3 is 2.64 bits per heavy atom. The maximum atomic E-state index is 5.92. The van der Waals surface area contributed by atoms with Crippen LogP contribution in [0.2, 0.25) is 0 Å². The normalized spacial score (nSPS) is 16.5. The summed E-state index contributed by atoms with van der Waals surface area (Å²) in [6.07, 6.45) is 2.12. The number of hydrogen-bond donors (Lipinski definition) is 2. The van der Waals surface area contributed by atoms with Crippen molar-refractivity contribution in [2.45, 2.75) is 39.7 Å². The zero-order valence-electron chi connectivity index (χ0n) is 17.5. The molecule has 1 saturated heterocycles. The molecule has 8 heteroatoms. The number of hydrogen-bond acceptors (Lipinski definition) is 5. The lowest BCUT2D eigenvalue weighted by atomic mass is 10.1. The van der Waals surface area contributed by atoms with Crippen molar-refractivity contribution in [1.29, 1.82) is 0 Å². The first-order valence-corrected chi connectivity index (χ1v) is 10.2. The van der Waals surface area contributed by atoms with Gasteiger partial charge in [0.15, 0.2) is 5.96 Å². The summed E-state index contributed by atoms with van der Waals surface area (Å²) < 4.78 is 16.8. The molecule has 28 heavy (non-hydrogen) atoms. The number of halogens is 1. The molecule has 0 bridgehead atoms. The van der Waals surface area contributed by atoms with Crippen molar-refractivity contribution in [3.8, 4) is 0 Å². The summed E-state index contributed by atoms with van der Waals surface area (Å²) in [4.78, 5) is 7.23. The Kier molecular flexibility index (Phi) is 13.6. The summed E-state index contributed by atoms with van der Waals surface area (Å²) in [6.45, 7) is 13.4. The average Bonchev–Trinajstić information content (AvgIpc) is 3.11. The van der Waals surface area contributed by atoms with E-state index in [-0.39, 0.29) is 30.0 Å². The molecule has 0 aromatic carbocycles. The summed E-state index contributed by atoms with van der Waals surface area (Å²) in [5.74, 6) is 2.77. The summed E-state index contributed by atoms with van der Waals surface area (Å²) in [6, 6.07) is 4.23. The molecule has 0 radical (unpaired) electrons. The van der Waals surface area contributed by atoms with Gasteiger partial charge in [-0.2, -0.15) is 0 Å². The highest BCUT2D eigenvalue weighted by molar-refractivity contribution is 14.0. The van der Waals surface area contributed by atoms with Crippen LogP contribution in [0.1, 0.15) is 44.3 Å². The zero-order chi connectivity index (χ0) is 19.3. The first kappa shape index (κ1) is 25.2. The van der Waals surface area contributed by atoms with Crippen LogP contribution in [0.5, 0.6) is 0 Å². The van der Waals surface area contributed by atoms with Crippen LogP contribution in [0, 0.1) is 6.92 Å². The third-order valence-electron chi connectivity index (χ3n) is 4.55. The van der Waals surface area contributed by atoms with E-state index in [9.17, 15) is 0 Å². The van der Waals surface area contributed by atoms with Crippen molar-refractivity contribution >= 4 is 29.9 Å². The molecule has 2 rings (SSSR count). The number of nitrogens with one attached hydrogen (secondary N) is 2. The van der Waals surface area contributed by atoms with Gasteiger partial charge < -0.3 is 24.5 Å². The second kappa shape index (κ2) is 15.1. The second-order valence-electron chi connectivity index (χ2n) is 6.66. The molecule has 2 N–H and O–H groups in total. The number of ether oxygens (including phenoxy) is 2. The average molecular weight is 508 g/mol. The summed E-state index contributed by atoms with van der Waals surface area (Å²) >= 11 is 0. The molecule has 0 saturated carbocycles. The van der Waals surface area contributed by atoms with Crippen LogP contribution in [-0.4, -0.2) is 70.0 Å². The topological polar surface area (TPSA) is 71.3 Å². The maximum Gasteiger partial charge on any atom is 0.191 e. The monoisotopic (exact) mass is 508 g/mol. The van der Waals surface area contributed by atoms with Gasteiger partial charge in [0.05, 0.1) is 25.8 Å². The van der Waals surface area contributed by atoms with Crippen LogP contribution in [0.3, 0.4) is 0 Å². The molecule has 0 aliphatic carbocycles. The summed E-state index contributed by atoms with van der Waals surface area (Å²) in [7, 11) is 0. The summed E-state index contributed by atoms with van der Waals surface area (Å²) in [5, 5.41) is 6.76. The molecule has 2 heterocycles. The van der Waals surface area contributed by atoms with Gasteiger partial charge >= 0.3 is 0 Å². The Labute approximate surface area is 186 Å². The predicted molar refractivity (Wildman–Crippen MR) is 124 cm³/mol. The van der Waals surface area contributed by atoms with Crippen molar-refractivity contribution in [2.75, 3.05) is 59.2 Å². The molecular formula is C20H37IN4O3. The van der Waals surface area contributed by atoms with Gasteiger partial charge in [-0.05, 0) is 45.7 Å². The lowest BCUT2D eigenvalue weighted by Gasteiger charge is -2.32. The van der Waals surface area contributed by atoms with Gasteiger partial charge in [-0.15, -0.1) is 24.0 Å². The van der Waals surface area contributed by atoms with E-state index in [0.717, 1.165) is 82.9 Å². The number of aryl methyl sites for hydroxylation is 1. The molecule has 1 aromatic rings. The fraction of sp³-hybridized carbons (Fsp3) is 0.750. The van der Waals surface area contributed by atoms with Gasteiger partial charge in [0.2, 0.25) is 0 Å². The van der Waals surface area contributed by atoms with Gasteiger partial charge in [-0.3, -0.25) is 9.89 Å². The Bertz CT molecular complexity index is 547. The standard InChI is InChI=1S/C20H36N4O3.HI/c1-4-21-20(22-10-6-7-13-25-5-2)23-16-18(19-9-8-17(3)27-19)24-11-14-26-15-12-24;/h8-9,18H,4-7,10-16H2,1-3H3,(H2,21,22,23);1H. The van der Waals surface area contributed by atoms with Crippen molar-refractivity contribution in [3.63, 3.8) is 0 Å². The van der Waals surface area contributed by atoms with E-state index in [1.807, 2.05) is 19.9 Å². The van der Waals surface area contributed by atoms with Crippen LogP contribution in [0.25, 0.3) is 0 Å². The predicted octanol–water partition coefficient (Wildman–Crippen LogP) is 2.95. The molecule has 1 aliphatic rings. The first-order valence-electron chi connectivity index (χ1n) is 10.2. The van der Waals surface area contributed by atoms with E-state index in [0.29, 0.717) is 6.54 Å². The van der Waals surface area contributed by atoms with Gasteiger partial charge in [0.25, 0.3) is 0 Å². The lowest BCUT2D eigenvalue weighted by molar-refractivity contribution is 0.0135. The van der Waals surface area contributed by atoms with Crippen LogP contribution in [-0.2, 0) is 9.47 Å². The van der Waals surface area contributed by atoms with E-state index in [4.69, 9.17) is 18.9 Å². The molecule has 1 fully saturated rings. The molecular weight excluding hydrogens is 471 g/mol. The number of furan rings is 1. The molecule has 1 atom stereocenters. The van der Waals surface area contributed by atoms with Crippen molar-refractivity contribution in [1.82, 2.24) is 15.5 Å². The zero-order valence-corrected chi connectivity index (χ0v) is 19.9. The van der Waals surface area contributed by atoms with Crippen molar-refractivity contribution in [2.24, 2.45) is 4.99 Å². The Hall–Kier alpha value is -0.840. The van der Waals surface area contributed by atoms with Crippen LogP contribution < -0.4 is 10.6 Å². The second-order valence-corrected chi connectivity index (χ2v) is 6.66. The number of morpholine rings is 1. The highest BCUT2D eigenvalue weighted by Crippen LogP contribution is 2.24. The third-order valence-corrected chi connectivity index (χ3v) is 4.55. The fourth-order valence-electron chi connectivity index (χ4n) is 3.11. The van der Waals surface area contributed by atoms with Crippen LogP contribution in [0.15, 0.2) is 21.5 Å². The van der Waals surface area contributed by atoms with Gasteiger partial charge in [-0.25, -0.2) is 0 Å². The minimum atomic E-state index is 0. The highest BCUT2D eigenvalue weighted by Gasteiger charge is 2.25. The van der Waals surface area contributed by atoms with Gasteiger partial charge in [-0.1, -0.05) is 0 Å². The highest BCUT2D eigenvalue weighted by atomic mass is 127. The van der Waals surface area contributed by atoms with Gasteiger partial charge in [0, 0.05) is 39.4 Å². The van der Waals surface area contributed by atoms with E-state index in [1.165, 1.54) is 0 Å². The molecule has 162 valence electrons. The van der Waals surface area contributed by atoms with E-state index in [2.05, 4.69) is 28.5 Å². The number of guanidine groups is 1. The molecule has 1 aliphatic heterocycles. The SMILES string of the molecule is CCNC(=NCC(c1ccc(C)o1)N1CCOCC1)NCCCCOCC.I. The van der Waals surface area contributed by atoms with E-state index >= 15 is 0 Å². The first-order chi connectivity index (χ1) is 13.2. The largest absolute Gasteiger partial charge is 0.465 e. The number of nitrogens with zero attached hydrogens (tertiary/aromatic N) is 2. The lowest BCUT2D eigenvalue weighted by Crippen LogP contribution is -2.42. The Balaban J connectivity index is 0.00000392. The summed E-state index contributed by atoms with van der Waals surface area (Å²) in [5.41, 5.74) is 0. The van der Waals surface area contributed by atoms with Gasteiger partial charge in [0.1, 0.15) is 11.5 Å². The number of unbranched alkanes of at least 4 members (excludes halogenated alkanes) is 1. The van der Waals surface area contributed by atoms with Crippen molar-refractivity contribution in [3.05, 3.63) is 23.7 Å². The third kappa shape index (κ3) is 9.11. The molecule has 1 aromatic heterocycles. The van der Waals surface area contributed by atoms with E-state index in [1.54, 1.807) is 0 Å². The number of aliphatic imine (C=N–C) groups is 1. The molecule has 0 amide bonds. The Morgan fingerprint density at radius 1 is 1.21 bits per heavy atom. The minimum Gasteiger partial charge on any atom is -0.465 e. The molecule has 7 nitrogen and oxygen atoms in total. The van der Waals surface area contributed by atoms with E-state index < -0.39 is 0 Å². The molecule has 0 spiro atoms.